The molecule has 0 aliphatic carbocycles. The number of hydrogen-bond acceptors (Lipinski definition) is 1. The molecule has 1 rings (SSSR count). The van der Waals surface area contributed by atoms with E-state index in [0.29, 0.717) is 11.7 Å². The summed E-state index contributed by atoms with van der Waals surface area (Å²) in [6.45, 7) is 17.5. The van der Waals surface area contributed by atoms with Gasteiger partial charge in [0.05, 0.1) is 0 Å². The van der Waals surface area contributed by atoms with Gasteiger partial charge in [0.1, 0.15) is 5.75 Å². The van der Waals surface area contributed by atoms with E-state index in [1.54, 1.807) is 0 Å². The lowest BCUT2D eigenvalue weighted by atomic mass is 9.77. The van der Waals surface area contributed by atoms with Crippen LogP contribution in [0.2, 0.25) is 0 Å². The van der Waals surface area contributed by atoms with Crippen LogP contribution in [0.3, 0.4) is 0 Å². The molecule has 0 saturated carbocycles. The highest BCUT2D eigenvalue weighted by Gasteiger charge is 2.26. The lowest BCUT2D eigenvalue weighted by Gasteiger charge is -2.28. The molecule has 0 saturated heterocycles. The van der Waals surface area contributed by atoms with Crippen molar-refractivity contribution in [1.82, 2.24) is 0 Å². The molecule has 0 bridgehead atoms. The maximum absolute atomic E-state index is 10.7. The highest BCUT2D eigenvalue weighted by molar-refractivity contribution is 5.49. The number of aromatic hydroxyl groups is 1. The Bertz CT molecular complexity index is 423. The van der Waals surface area contributed by atoms with Gasteiger partial charge in [0.15, 0.2) is 0 Å². The molecule has 1 heteroatoms. The van der Waals surface area contributed by atoms with Crippen LogP contribution in [0, 0.1) is 5.92 Å². The van der Waals surface area contributed by atoms with Crippen LogP contribution < -0.4 is 0 Å². The fraction of sp³-hybridized carbons (Fsp3) is 0.684. The van der Waals surface area contributed by atoms with Gasteiger partial charge >= 0.3 is 0 Å². The Morgan fingerprint density at radius 3 is 1.65 bits per heavy atom. The van der Waals surface area contributed by atoms with Gasteiger partial charge in [-0.3, -0.25) is 0 Å². The van der Waals surface area contributed by atoms with Crippen LogP contribution >= 0.6 is 0 Å². The molecule has 1 N–H and O–H groups in total. The Morgan fingerprint density at radius 1 is 0.950 bits per heavy atom. The first-order chi connectivity index (χ1) is 8.96. The fourth-order valence-corrected chi connectivity index (χ4v) is 2.50. The van der Waals surface area contributed by atoms with Crippen LogP contribution in [0.15, 0.2) is 12.1 Å². The van der Waals surface area contributed by atoms with E-state index in [4.69, 9.17) is 0 Å². The van der Waals surface area contributed by atoms with Crippen molar-refractivity contribution in [2.75, 3.05) is 0 Å². The predicted molar refractivity (Wildman–Crippen MR) is 88.7 cm³/mol. The summed E-state index contributed by atoms with van der Waals surface area (Å²) in [5.74, 6) is 1.16. The van der Waals surface area contributed by atoms with Crippen molar-refractivity contribution in [1.29, 1.82) is 0 Å². The van der Waals surface area contributed by atoms with Crippen molar-refractivity contribution in [3.63, 3.8) is 0 Å². The molecule has 0 aliphatic rings. The summed E-state index contributed by atoms with van der Waals surface area (Å²) >= 11 is 0. The minimum Gasteiger partial charge on any atom is -0.507 e. The van der Waals surface area contributed by atoms with Crippen LogP contribution in [0.4, 0.5) is 0 Å². The second-order valence-electron chi connectivity index (χ2n) is 8.26. The predicted octanol–water partition coefficient (Wildman–Crippen LogP) is 5.58. The first-order valence-electron chi connectivity index (χ1n) is 7.83. The zero-order valence-corrected chi connectivity index (χ0v) is 14.6. The molecule has 0 spiro atoms. The molecule has 1 nitrogen and oxygen atoms in total. The SMILES string of the molecule is CCC(C)Cc1cc(C(C)(C)C)c(O)c(C(C)(C)C)c1. The molecule has 0 aliphatic heterocycles. The maximum atomic E-state index is 10.7. The summed E-state index contributed by atoms with van der Waals surface area (Å²) in [7, 11) is 0. The first kappa shape index (κ1) is 17.1. The number of hydrogen-bond donors (Lipinski definition) is 1. The van der Waals surface area contributed by atoms with Gasteiger partial charge in [0.25, 0.3) is 0 Å². The third-order valence-corrected chi connectivity index (χ3v) is 4.07. The third kappa shape index (κ3) is 4.01. The van der Waals surface area contributed by atoms with Gasteiger partial charge in [-0.2, -0.15) is 0 Å². The van der Waals surface area contributed by atoms with E-state index >= 15 is 0 Å². The Labute approximate surface area is 125 Å². The van der Waals surface area contributed by atoms with Crippen LogP contribution in [-0.2, 0) is 17.3 Å². The lowest BCUT2D eigenvalue weighted by molar-refractivity contribution is 0.422. The molecular weight excluding hydrogens is 244 g/mol. The standard InChI is InChI=1S/C19H32O/c1-9-13(2)10-14-11-15(18(3,4)5)17(20)16(12-14)19(6,7)8/h11-13,20H,9-10H2,1-8H3. The van der Waals surface area contributed by atoms with Crippen molar-refractivity contribution in [2.24, 2.45) is 5.92 Å². The molecule has 0 heterocycles. The Hall–Kier alpha value is -0.980. The molecule has 1 aromatic rings. The zero-order valence-electron chi connectivity index (χ0n) is 14.6. The average molecular weight is 276 g/mol. The van der Waals surface area contributed by atoms with E-state index in [-0.39, 0.29) is 10.8 Å². The largest absolute Gasteiger partial charge is 0.507 e. The molecule has 20 heavy (non-hydrogen) atoms. The summed E-state index contributed by atoms with van der Waals surface area (Å²) in [6.07, 6.45) is 2.28. The van der Waals surface area contributed by atoms with Gasteiger partial charge < -0.3 is 5.11 Å². The summed E-state index contributed by atoms with van der Waals surface area (Å²) in [6, 6.07) is 4.41. The average Bonchev–Trinajstić information content (AvgIpc) is 2.28. The minimum absolute atomic E-state index is 0.0322. The van der Waals surface area contributed by atoms with E-state index in [1.807, 2.05) is 0 Å². The highest BCUT2D eigenvalue weighted by atomic mass is 16.3. The highest BCUT2D eigenvalue weighted by Crippen LogP contribution is 2.40. The van der Waals surface area contributed by atoms with E-state index in [0.717, 1.165) is 17.5 Å². The minimum atomic E-state index is -0.0322. The third-order valence-electron chi connectivity index (χ3n) is 4.07. The van der Waals surface area contributed by atoms with Gasteiger partial charge in [0.2, 0.25) is 0 Å². The molecule has 1 unspecified atom stereocenters. The smallest absolute Gasteiger partial charge is 0.123 e. The van der Waals surface area contributed by atoms with Crippen LogP contribution in [0.25, 0.3) is 0 Å². The molecule has 1 aromatic carbocycles. The van der Waals surface area contributed by atoms with Crippen LogP contribution in [0.1, 0.15) is 78.5 Å². The molecule has 0 amide bonds. The Morgan fingerprint density at radius 2 is 1.35 bits per heavy atom. The molecule has 0 fully saturated rings. The molecule has 114 valence electrons. The Kier molecular flexibility index (Phi) is 4.94. The van der Waals surface area contributed by atoms with Crippen molar-refractivity contribution in [3.8, 4) is 5.75 Å². The van der Waals surface area contributed by atoms with Gasteiger partial charge in [-0.15, -0.1) is 0 Å². The summed E-state index contributed by atoms with van der Waals surface area (Å²) in [5.41, 5.74) is 3.43. The zero-order chi connectivity index (χ0) is 15.7. The number of phenols is 1. The van der Waals surface area contributed by atoms with E-state index in [2.05, 4.69) is 67.5 Å². The lowest BCUT2D eigenvalue weighted by Crippen LogP contribution is -2.18. The second kappa shape index (κ2) is 5.79. The van der Waals surface area contributed by atoms with Gasteiger partial charge in [0, 0.05) is 0 Å². The Balaban J connectivity index is 3.42. The first-order valence-corrected chi connectivity index (χ1v) is 7.83. The van der Waals surface area contributed by atoms with Crippen molar-refractivity contribution in [2.45, 2.75) is 79.1 Å². The van der Waals surface area contributed by atoms with Gasteiger partial charge in [-0.25, -0.2) is 0 Å². The molecule has 0 radical (unpaired) electrons. The molecule has 1 atom stereocenters. The normalized spacial score (nSPS) is 14.4. The van der Waals surface area contributed by atoms with Gasteiger partial charge in [-0.05, 0) is 39.9 Å². The summed E-state index contributed by atoms with van der Waals surface area (Å²) in [4.78, 5) is 0. The summed E-state index contributed by atoms with van der Waals surface area (Å²) < 4.78 is 0. The van der Waals surface area contributed by atoms with Gasteiger partial charge in [-0.1, -0.05) is 73.9 Å². The van der Waals surface area contributed by atoms with Crippen molar-refractivity contribution in [3.05, 3.63) is 28.8 Å². The summed E-state index contributed by atoms with van der Waals surface area (Å²) in [5, 5.41) is 10.7. The maximum Gasteiger partial charge on any atom is 0.123 e. The van der Waals surface area contributed by atoms with E-state index < -0.39 is 0 Å². The van der Waals surface area contributed by atoms with Crippen molar-refractivity contribution >= 4 is 0 Å². The fourth-order valence-electron chi connectivity index (χ4n) is 2.50. The quantitative estimate of drug-likeness (QED) is 0.764. The second-order valence-corrected chi connectivity index (χ2v) is 8.26. The number of phenolic OH excluding ortho intramolecular Hbond substituents is 1. The van der Waals surface area contributed by atoms with Crippen LogP contribution in [0.5, 0.6) is 5.75 Å². The van der Waals surface area contributed by atoms with Crippen LogP contribution in [-0.4, -0.2) is 5.11 Å². The monoisotopic (exact) mass is 276 g/mol. The number of rotatable bonds is 3. The van der Waals surface area contributed by atoms with E-state index in [9.17, 15) is 5.11 Å². The number of benzene rings is 1. The molecule has 0 aromatic heterocycles. The molecular formula is C19H32O. The van der Waals surface area contributed by atoms with Crippen molar-refractivity contribution < 1.29 is 5.11 Å². The van der Waals surface area contributed by atoms with E-state index in [1.165, 1.54) is 12.0 Å². The topological polar surface area (TPSA) is 20.2 Å².